The van der Waals surface area contributed by atoms with Gasteiger partial charge >= 0.3 is 0 Å². The molecule has 3 aromatic heterocycles. The van der Waals surface area contributed by atoms with E-state index in [1.54, 1.807) is 0 Å². The van der Waals surface area contributed by atoms with Crippen molar-refractivity contribution in [1.29, 1.82) is 0 Å². The average molecular weight is 791 g/mol. The molecule has 1 aliphatic carbocycles. The number of benzene rings is 10. The van der Waals surface area contributed by atoms with Crippen molar-refractivity contribution in [3.05, 3.63) is 205 Å². The number of rotatable bonds is 3. The fourth-order valence-corrected chi connectivity index (χ4v) is 11.2. The van der Waals surface area contributed by atoms with Crippen LogP contribution in [0.15, 0.2) is 199 Å². The zero-order valence-electron chi connectivity index (χ0n) is 34.3. The minimum Gasteiger partial charge on any atom is -0.456 e. The maximum absolute atomic E-state index is 6.71. The van der Waals surface area contributed by atoms with Crippen LogP contribution in [0.5, 0.6) is 0 Å². The highest BCUT2D eigenvalue weighted by molar-refractivity contribution is 6.22. The van der Waals surface area contributed by atoms with E-state index < -0.39 is 0 Å². The molecule has 0 fully saturated rings. The van der Waals surface area contributed by atoms with Crippen molar-refractivity contribution in [1.82, 2.24) is 9.13 Å². The first-order valence-electron chi connectivity index (χ1n) is 21.6. The van der Waals surface area contributed by atoms with E-state index in [9.17, 15) is 0 Å². The molecule has 3 heterocycles. The second-order valence-corrected chi connectivity index (χ2v) is 17.6. The topological polar surface area (TPSA) is 23.0 Å². The summed E-state index contributed by atoms with van der Waals surface area (Å²) in [4.78, 5) is 0. The van der Waals surface area contributed by atoms with Crippen LogP contribution in [0, 0.1) is 0 Å². The summed E-state index contributed by atoms with van der Waals surface area (Å²) in [5, 5.41) is 12.4. The van der Waals surface area contributed by atoms with E-state index in [4.69, 9.17) is 4.42 Å². The highest BCUT2D eigenvalue weighted by atomic mass is 16.3. The van der Waals surface area contributed by atoms with Crippen molar-refractivity contribution in [3.8, 4) is 33.6 Å². The fraction of sp³-hybridized carbons (Fsp3) is 0.0508. The van der Waals surface area contributed by atoms with Gasteiger partial charge in [-0.1, -0.05) is 135 Å². The molecule has 0 atom stereocenters. The van der Waals surface area contributed by atoms with Gasteiger partial charge in [0.25, 0.3) is 0 Å². The summed E-state index contributed by atoms with van der Waals surface area (Å²) in [5.74, 6) is 0. The van der Waals surface area contributed by atoms with Crippen molar-refractivity contribution in [2.24, 2.45) is 0 Å². The van der Waals surface area contributed by atoms with Crippen LogP contribution in [0.25, 0.3) is 121 Å². The van der Waals surface area contributed by atoms with Gasteiger partial charge in [-0.15, -0.1) is 0 Å². The van der Waals surface area contributed by atoms with Gasteiger partial charge in [-0.3, -0.25) is 0 Å². The first kappa shape index (κ1) is 33.9. The van der Waals surface area contributed by atoms with E-state index in [1.165, 1.54) is 93.0 Å². The van der Waals surface area contributed by atoms with E-state index in [1.807, 2.05) is 0 Å². The van der Waals surface area contributed by atoms with E-state index in [0.717, 1.165) is 38.9 Å². The molecule has 14 rings (SSSR count). The average Bonchev–Trinajstić information content (AvgIpc) is 4.03. The van der Waals surface area contributed by atoms with Gasteiger partial charge in [0, 0.05) is 38.0 Å². The van der Waals surface area contributed by atoms with E-state index in [-0.39, 0.29) is 5.41 Å². The molecule has 0 aliphatic heterocycles. The van der Waals surface area contributed by atoms with Gasteiger partial charge in [0.2, 0.25) is 0 Å². The zero-order chi connectivity index (χ0) is 40.8. The molecule has 0 radical (unpaired) electrons. The van der Waals surface area contributed by atoms with Crippen LogP contribution in [0.2, 0.25) is 0 Å². The number of fused-ring (bicyclic) bond motifs is 16. The summed E-state index contributed by atoms with van der Waals surface area (Å²) in [6.45, 7) is 4.77. The van der Waals surface area contributed by atoms with Crippen LogP contribution in [-0.2, 0) is 5.41 Å². The van der Waals surface area contributed by atoms with Crippen LogP contribution >= 0.6 is 0 Å². The Kier molecular flexibility index (Phi) is 6.63. The summed E-state index contributed by atoms with van der Waals surface area (Å²) >= 11 is 0. The number of hydrogen-bond acceptors (Lipinski definition) is 1. The molecule has 3 heteroatoms. The summed E-state index contributed by atoms with van der Waals surface area (Å²) in [6.07, 6.45) is 0. The highest BCUT2D eigenvalue weighted by Crippen LogP contribution is 2.53. The lowest BCUT2D eigenvalue weighted by atomic mass is 9.82. The number of furan rings is 1. The maximum atomic E-state index is 6.71. The van der Waals surface area contributed by atoms with Crippen molar-refractivity contribution >= 4 is 87.1 Å². The molecule has 10 aromatic carbocycles. The zero-order valence-corrected chi connectivity index (χ0v) is 34.3. The van der Waals surface area contributed by atoms with Crippen LogP contribution in [0.4, 0.5) is 0 Å². The SMILES string of the molecule is CC1(C)c2cc3c(cc2-c2c1ccc1ccccc21)c1ccccc1n3-c1cccc2oc3ccc(-c4ccc5c(c4)c4c6ccccc6ccc4n5-c4ccccc4)cc3c12. The largest absolute Gasteiger partial charge is 0.456 e. The molecule has 0 saturated heterocycles. The minimum atomic E-state index is -0.159. The Bertz CT molecular complexity index is 4060. The molecular weight excluding hydrogens is 753 g/mol. The van der Waals surface area contributed by atoms with Crippen molar-refractivity contribution in [2.75, 3.05) is 0 Å². The third-order valence-electron chi connectivity index (χ3n) is 14.1. The van der Waals surface area contributed by atoms with E-state index >= 15 is 0 Å². The molecule has 0 saturated carbocycles. The number of hydrogen-bond donors (Lipinski definition) is 0. The van der Waals surface area contributed by atoms with Gasteiger partial charge in [-0.2, -0.15) is 0 Å². The van der Waals surface area contributed by atoms with Gasteiger partial charge in [0.15, 0.2) is 0 Å². The molecule has 1 aliphatic rings. The molecule has 0 N–H and O–H groups in total. The molecule has 3 nitrogen and oxygen atoms in total. The van der Waals surface area contributed by atoms with Crippen molar-refractivity contribution < 1.29 is 4.42 Å². The second-order valence-electron chi connectivity index (χ2n) is 17.6. The molecule has 0 unspecified atom stereocenters. The quantitative estimate of drug-likeness (QED) is 0.175. The Hall–Kier alpha value is -7.88. The number of aromatic nitrogens is 2. The summed E-state index contributed by atoms with van der Waals surface area (Å²) < 4.78 is 11.6. The lowest BCUT2D eigenvalue weighted by Crippen LogP contribution is -2.15. The van der Waals surface area contributed by atoms with Crippen LogP contribution in [0.3, 0.4) is 0 Å². The summed E-state index contributed by atoms with van der Waals surface area (Å²) in [6, 6.07) is 71.5. The molecule has 290 valence electrons. The van der Waals surface area contributed by atoms with Gasteiger partial charge in [0.05, 0.1) is 33.1 Å². The van der Waals surface area contributed by atoms with Gasteiger partial charge in [-0.05, 0) is 128 Å². The minimum absolute atomic E-state index is 0.159. The lowest BCUT2D eigenvalue weighted by molar-refractivity contribution is 0.661. The van der Waals surface area contributed by atoms with Gasteiger partial charge in [-0.25, -0.2) is 0 Å². The van der Waals surface area contributed by atoms with Gasteiger partial charge < -0.3 is 13.6 Å². The smallest absolute Gasteiger partial charge is 0.137 e. The lowest BCUT2D eigenvalue weighted by Gasteiger charge is -2.22. The fourth-order valence-electron chi connectivity index (χ4n) is 11.2. The highest BCUT2D eigenvalue weighted by Gasteiger charge is 2.37. The van der Waals surface area contributed by atoms with E-state index in [2.05, 4.69) is 217 Å². The molecule has 0 amide bonds. The normalized spacial score (nSPS) is 13.5. The second kappa shape index (κ2) is 12.1. The predicted molar refractivity (Wildman–Crippen MR) is 260 cm³/mol. The summed E-state index contributed by atoms with van der Waals surface area (Å²) in [7, 11) is 0. The van der Waals surface area contributed by atoms with Crippen LogP contribution < -0.4 is 0 Å². The van der Waals surface area contributed by atoms with Crippen molar-refractivity contribution in [3.63, 3.8) is 0 Å². The molecule has 0 bridgehead atoms. The Morgan fingerprint density at radius 1 is 0.387 bits per heavy atom. The Morgan fingerprint density at radius 3 is 1.92 bits per heavy atom. The van der Waals surface area contributed by atoms with Crippen LogP contribution in [-0.4, -0.2) is 9.13 Å². The third kappa shape index (κ3) is 4.44. The standard InChI is InChI=1S/C59H38N2O/c1-59(2)47-27-23-35-13-6-8-17-40(35)56(47)44-33-43-42-19-10-11-20-49(42)61(53(43)34-48(44)59)51-21-12-22-55-58(51)46-32-38(26-30-54(46)62-55)37-25-28-50-45(31-37)57-41-18-9-7-14-36(41)24-29-52(57)60(50)39-15-4-3-5-16-39/h3-34H,1-2H3. The maximum Gasteiger partial charge on any atom is 0.137 e. The predicted octanol–water partition coefficient (Wildman–Crippen LogP) is 16.1. The van der Waals surface area contributed by atoms with E-state index in [0.29, 0.717) is 0 Å². The molecular formula is C59H38N2O. The third-order valence-corrected chi connectivity index (χ3v) is 14.1. The molecule has 13 aromatic rings. The Balaban J connectivity index is 1.00. The first-order valence-corrected chi connectivity index (χ1v) is 21.6. The first-order chi connectivity index (χ1) is 30.5. The number of nitrogens with zero attached hydrogens (tertiary/aromatic N) is 2. The van der Waals surface area contributed by atoms with Crippen molar-refractivity contribution in [2.45, 2.75) is 19.3 Å². The Morgan fingerprint density at radius 2 is 1.06 bits per heavy atom. The molecule has 0 spiro atoms. The monoisotopic (exact) mass is 790 g/mol. The Labute approximate surface area is 357 Å². The number of para-hydroxylation sites is 2. The van der Waals surface area contributed by atoms with Gasteiger partial charge in [0.1, 0.15) is 11.2 Å². The van der Waals surface area contributed by atoms with Crippen LogP contribution in [0.1, 0.15) is 25.0 Å². The molecule has 62 heavy (non-hydrogen) atoms. The summed E-state index contributed by atoms with van der Waals surface area (Å²) in [5.41, 5.74) is 16.5.